The highest BCUT2D eigenvalue weighted by molar-refractivity contribution is 5.73. The monoisotopic (exact) mass is 377 g/mol. The summed E-state index contributed by atoms with van der Waals surface area (Å²) in [6.45, 7) is 0. The van der Waals surface area contributed by atoms with Gasteiger partial charge in [0.15, 0.2) is 29.0 Å². The Labute approximate surface area is 161 Å². The van der Waals surface area contributed by atoms with E-state index in [4.69, 9.17) is 13.9 Å². The van der Waals surface area contributed by atoms with Crippen LogP contribution in [-0.4, -0.2) is 29.3 Å². The molecule has 0 aliphatic rings. The van der Waals surface area contributed by atoms with Gasteiger partial charge in [-0.1, -0.05) is 12.1 Å². The molecule has 0 amide bonds. The number of hydrogen-bond donors (Lipinski definition) is 2. The molecule has 2 aromatic heterocycles. The molecule has 0 bridgehead atoms. The van der Waals surface area contributed by atoms with Gasteiger partial charge in [0.2, 0.25) is 5.89 Å². The van der Waals surface area contributed by atoms with Crippen molar-refractivity contribution in [2.24, 2.45) is 0 Å². The molecule has 142 valence electrons. The van der Waals surface area contributed by atoms with E-state index in [-0.39, 0.29) is 0 Å². The highest BCUT2D eigenvalue weighted by Crippen LogP contribution is 2.31. The Balaban J connectivity index is 1.58. The van der Waals surface area contributed by atoms with Crippen LogP contribution in [0.5, 0.6) is 11.5 Å². The van der Waals surface area contributed by atoms with Crippen LogP contribution in [0.15, 0.2) is 65.2 Å². The van der Waals surface area contributed by atoms with E-state index in [0.29, 0.717) is 34.2 Å². The Hall–Kier alpha value is -3.58. The molecule has 4 rings (SSSR count). The highest BCUT2D eigenvalue weighted by Gasteiger charge is 2.13. The van der Waals surface area contributed by atoms with E-state index in [2.05, 4.69) is 15.3 Å². The van der Waals surface area contributed by atoms with Crippen molar-refractivity contribution in [1.82, 2.24) is 9.97 Å². The first-order valence-corrected chi connectivity index (χ1v) is 8.66. The largest absolute Gasteiger partial charge is 0.493 e. The van der Waals surface area contributed by atoms with Gasteiger partial charge >= 0.3 is 0 Å². The second-order valence-electron chi connectivity index (χ2n) is 6.09. The van der Waals surface area contributed by atoms with E-state index < -0.39 is 6.23 Å². The third-order valence-electron chi connectivity index (χ3n) is 4.30. The van der Waals surface area contributed by atoms with Gasteiger partial charge < -0.3 is 24.3 Å². The zero-order valence-corrected chi connectivity index (χ0v) is 15.4. The summed E-state index contributed by atoms with van der Waals surface area (Å²) in [5.74, 6) is 1.62. The van der Waals surface area contributed by atoms with Gasteiger partial charge in [-0.3, -0.25) is 0 Å². The van der Waals surface area contributed by atoms with Gasteiger partial charge in [0.1, 0.15) is 0 Å². The number of aliphatic hydroxyl groups is 1. The first kappa shape index (κ1) is 17.8. The van der Waals surface area contributed by atoms with Gasteiger partial charge in [0.05, 0.1) is 14.2 Å². The average Bonchev–Trinajstić information content (AvgIpc) is 3.17. The van der Waals surface area contributed by atoms with E-state index in [0.717, 1.165) is 11.3 Å². The van der Waals surface area contributed by atoms with Crippen molar-refractivity contribution in [2.75, 3.05) is 19.5 Å². The lowest BCUT2D eigenvalue weighted by Gasteiger charge is -2.17. The minimum absolute atomic E-state index is 0.470. The summed E-state index contributed by atoms with van der Waals surface area (Å²) in [5.41, 5.74) is 3.33. The molecule has 0 fully saturated rings. The molecule has 1 unspecified atom stereocenters. The second kappa shape index (κ2) is 7.58. The minimum atomic E-state index is -0.930. The molecule has 4 aromatic rings. The lowest BCUT2D eigenvalue weighted by atomic mass is 10.1. The van der Waals surface area contributed by atoms with Crippen LogP contribution in [0.25, 0.3) is 22.7 Å². The van der Waals surface area contributed by atoms with Crippen LogP contribution in [0.2, 0.25) is 0 Å². The molecular formula is C21H19N3O4. The van der Waals surface area contributed by atoms with Crippen molar-refractivity contribution in [3.63, 3.8) is 0 Å². The molecule has 2 N–H and O–H groups in total. The van der Waals surface area contributed by atoms with Crippen molar-refractivity contribution in [2.45, 2.75) is 6.23 Å². The standard InChI is InChI=1S/C21H19N3O4/c1-26-16-9-8-13(12-18(16)27-2)20(25)23-15-6-3-5-14(11-15)21-24-19-17(28-21)7-4-10-22-19/h3-12,20,23,25H,1-2H3. The van der Waals surface area contributed by atoms with E-state index in [1.807, 2.05) is 30.3 Å². The van der Waals surface area contributed by atoms with Crippen LogP contribution in [-0.2, 0) is 0 Å². The lowest BCUT2D eigenvalue weighted by Crippen LogP contribution is -2.10. The molecule has 0 saturated carbocycles. The Morgan fingerprint density at radius 2 is 1.86 bits per heavy atom. The Morgan fingerprint density at radius 3 is 2.64 bits per heavy atom. The molecule has 0 aliphatic carbocycles. The van der Waals surface area contributed by atoms with Crippen molar-refractivity contribution in [3.8, 4) is 23.0 Å². The maximum atomic E-state index is 10.6. The van der Waals surface area contributed by atoms with Crippen molar-refractivity contribution >= 4 is 16.9 Å². The van der Waals surface area contributed by atoms with Crippen LogP contribution in [0.3, 0.4) is 0 Å². The number of aliphatic hydroxyl groups excluding tert-OH is 1. The van der Waals surface area contributed by atoms with Gasteiger partial charge in [-0.05, 0) is 42.5 Å². The SMILES string of the molecule is COc1ccc(C(O)Nc2cccc(-c3nc4ncccc4o3)c2)cc1OC. The summed E-state index contributed by atoms with van der Waals surface area (Å²) < 4.78 is 16.3. The molecule has 1 atom stereocenters. The van der Waals surface area contributed by atoms with Crippen LogP contribution in [0.4, 0.5) is 5.69 Å². The number of benzene rings is 2. The summed E-state index contributed by atoms with van der Waals surface area (Å²) >= 11 is 0. The molecule has 2 aromatic carbocycles. The molecular weight excluding hydrogens is 358 g/mol. The number of ether oxygens (including phenoxy) is 2. The Morgan fingerprint density at radius 1 is 1.00 bits per heavy atom. The summed E-state index contributed by atoms with van der Waals surface area (Å²) in [6, 6.07) is 16.3. The average molecular weight is 377 g/mol. The van der Waals surface area contributed by atoms with Gasteiger partial charge in [-0.15, -0.1) is 0 Å². The third kappa shape index (κ3) is 3.47. The summed E-state index contributed by atoms with van der Waals surface area (Å²) in [6.07, 6.45) is 0.742. The molecule has 0 aliphatic heterocycles. The fourth-order valence-electron chi connectivity index (χ4n) is 2.90. The summed E-state index contributed by atoms with van der Waals surface area (Å²) in [4.78, 5) is 8.59. The normalized spacial score (nSPS) is 12.0. The van der Waals surface area contributed by atoms with Crippen LogP contribution >= 0.6 is 0 Å². The quantitative estimate of drug-likeness (QED) is 0.491. The number of fused-ring (bicyclic) bond motifs is 1. The van der Waals surface area contributed by atoms with Crippen molar-refractivity contribution in [3.05, 3.63) is 66.4 Å². The fourth-order valence-corrected chi connectivity index (χ4v) is 2.90. The van der Waals surface area contributed by atoms with Crippen LogP contribution in [0.1, 0.15) is 11.8 Å². The fraction of sp³-hybridized carbons (Fsp3) is 0.143. The smallest absolute Gasteiger partial charge is 0.228 e. The molecule has 7 heteroatoms. The van der Waals surface area contributed by atoms with Gasteiger partial charge in [-0.25, -0.2) is 4.98 Å². The van der Waals surface area contributed by atoms with E-state index >= 15 is 0 Å². The first-order chi connectivity index (χ1) is 13.7. The maximum Gasteiger partial charge on any atom is 0.228 e. The Bertz CT molecular complexity index is 1080. The number of nitrogens with one attached hydrogen (secondary N) is 1. The lowest BCUT2D eigenvalue weighted by molar-refractivity contribution is 0.207. The predicted molar refractivity (Wildman–Crippen MR) is 105 cm³/mol. The molecule has 0 radical (unpaired) electrons. The minimum Gasteiger partial charge on any atom is -0.493 e. The van der Waals surface area contributed by atoms with E-state index in [9.17, 15) is 5.11 Å². The molecule has 0 spiro atoms. The topological polar surface area (TPSA) is 89.6 Å². The third-order valence-corrected chi connectivity index (χ3v) is 4.30. The Kier molecular flexibility index (Phi) is 4.82. The van der Waals surface area contributed by atoms with E-state index in [1.165, 1.54) is 0 Å². The van der Waals surface area contributed by atoms with Crippen molar-refractivity contribution < 1.29 is 19.0 Å². The predicted octanol–water partition coefficient (Wildman–Crippen LogP) is 4.01. The van der Waals surface area contributed by atoms with Gasteiger partial charge in [0.25, 0.3) is 0 Å². The van der Waals surface area contributed by atoms with Gasteiger partial charge in [0, 0.05) is 23.0 Å². The van der Waals surface area contributed by atoms with Crippen molar-refractivity contribution in [1.29, 1.82) is 0 Å². The number of methoxy groups -OCH3 is 2. The summed E-state index contributed by atoms with van der Waals surface area (Å²) in [5, 5.41) is 13.6. The molecule has 28 heavy (non-hydrogen) atoms. The van der Waals surface area contributed by atoms with Gasteiger partial charge in [-0.2, -0.15) is 4.98 Å². The number of rotatable bonds is 6. The van der Waals surface area contributed by atoms with E-state index in [1.54, 1.807) is 44.7 Å². The number of nitrogens with zero attached hydrogens (tertiary/aromatic N) is 2. The second-order valence-corrected chi connectivity index (χ2v) is 6.09. The van der Waals surface area contributed by atoms with Crippen LogP contribution < -0.4 is 14.8 Å². The number of pyridine rings is 1. The molecule has 0 saturated heterocycles. The first-order valence-electron chi connectivity index (χ1n) is 8.66. The maximum absolute atomic E-state index is 10.6. The molecule has 7 nitrogen and oxygen atoms in total. The number of anilines is 1. The zero-order chi connectivity index (χ0) is 19.5. The zero-order valence-electron chi connectivity index (χ0n) is 15.4. The van der Waals surface area contributed by atoms with Crippen LogP contribution in [0, 0.1) is 0 Å². The number of oxazole rings is 1. The molecule has 2 heterocycles. The summed E-state index contributed by atoms with van der Waals surface area (Å²) in [7, 11) is 3.12. The number of aromatic nitrogens is 2. The number of hydrogen-bond acceptors (Lipinski definition) is 7. The highest BCUT2D eigenvalue weighted by atomic mass is 16.5.